The Morgan fingerprint density at radius 2 is 1.54 bits per heavy atom. The smallest absolute Gasteiger partial charge is 0.0514 e. The lowest BCUT2D eigenvalue weighted by Gasteiger charge is -2.39. The molecule has 0 fully saturated rings. The molecule has 0 aromatic rings. The van der Waals surface area contributed by atoms with Gasteiger partial charge in [0.05, 0.1) is 13.2 Å². The summed E-state index contributed by atoms with van der Waals surface area (Å²) in [5.74, 6) is 0.705. The van der Waals surface area contributed by atoms with Gasteiger partial charge in [-0.05, 0) is 11.8 Å². The van der Waals surface area contributed by atoms with Crippen molar-refractivity contribution in [2.45, 2.75) is 40.5 Å². The van der Waals surface area contributed by atoms with Gasteiger partial charge in [0.25, 0.3) is 0 Å². The first-order valence-electron chi connectivity index (χ1n) is 5.26. The molecule has 1 unspecified atom stereocenters. The number of hydrogen-bond donors (Lipinski definition) is 2. The van der Waals surface area contributed by atoms with E-state index in [1.54, 1.807) is 0 Å². The molecule has 0 aliphatic rings. The van der Waals surface area contributed by atoms with E-state index in [-0.39, 0.29) is 18.6 Å². The average Bonchev–Trinajstić information content (AvgIpc) is 2.07. The quantitative estimate of drug-likeness (QED) is 0.669. The van der Waals surface area contributed by atoms with E-state index in [1.165, 1.54) is 0 Å². The van der Waals surface area contributed by atoms with E-state index in [4.69, 9.17) is 0 Å². The maximum Gasteiger partial charge on any atom is 0.0514 e. The summed E-state index contributed by atoms with van der Waals surface area (Å²) in [5.41, 5.74) is -0.296. The van der Waals surface area contributed by atoms with Gasteiger partial charge in [0, 0.05) is 5.41 Å². The highest BCUT2D eigenvalue weighted by molar-refractivity contribution is 4.85. The van der Waals surface area contributed by atoms with Crippen LogP contribution in [0.25, 0.3) is 0 Å². The van der Waals surface area contributed by atoms with Crippen LogP contribution in [0.2, 0.25) is 0 Å². The molecule has 13 heavy (non-hydrogen) atoms. The van der Waals surface area contributed by atoms with Crippen molar-refractivity contribution in [3.8, 4) is 0 Å². The molecular formula is C11H24O2. The summed E-state index contributed by atoms with van der Waals surface area (Å²) in [6, 6.07) is 0. The molecule has 0 rings (SSSR count). The van der Waals surface area contributed by atoms with E-state index in [0.29, 0.717) is 11.8 Å². The second kappa shape index (κ2) is 5.61. The SMILES string of the molecule is CCCC(C)C(CO)(CO)C(C)C. The van der Waals surface area contributed by atoms with Crippen molar-refractivity contribution in [2.24, 2.45) is 17.3 Å². The predicted octanol–water partition coefficient (Wildman–Crippen LogP) is 2.05. The third-order valence-corrected chi connectivity index (χ3v) is 3.44. The molecule has 0 saturated heterocycles. The van der Waals surface area contributed by atoms with Crippen molar-refractivity contribution in [3.05, 3.63) is 0 Å². The predicted molar refractivity (Wildman–Crippen MR) is 55.5 cm³/mol. The zero-order chi connectivity index (χ0) is 10.5. The molecule has 80 valence electrons. The summed E-state index contributed by atoms with van der Waals surface area (Å²) in [4.78, 5) is 0. The van der Waals surface area contributed by atoms with Crippen LogP contribution in [-0.2, 0) is 0 Å². The van der Waals surface area contributed by atoms with Crippen molar-refractivity contribution < 1.29 is 10.2 Å². The molecule has 0 heterocycles. The van der Waals surface area contributed by atoms with Crippen molar-refractivity contribution in [2.75, 3.05) is 13.2 Å². The van der Waals surface area contributed by atoms with Gasteiger partial charge in [-0.2, -0.15) is 0 Å². The molecular weight excluding hydrogens is 164 g/mol. The van der Waals surface area contributed by atoms with E-state index in [9.17, 15) is 10.2 Å². The van der Waals surface area contributed by atoms with Crippen molar-refractivity contribution >= 4 is 0 Å². The maximum absolute atomic E-state index is 9.38. The summed E-state index contributed by atoms with van der Waals surface area (Å²) in [6.07, 6.45) is 2.18. The van der Waals surface area contributed by atoms with Gasteiger partial charge in [-0.1, -0.05) is 40.5 Å². The zero-order valence-corrected chi connectivity index (χ0v) is 9.38. The topological polar surface area (TPSA) is 40.5 Å². The van der Waals surface area contributed by atoms with Crippen LogP contribution in [-0.4, -0.2) is 23.4 Å². The molecule has 1 atom stereocenters. The number of rotatable bonds is 6. The molecule has 2 N–H and O–H groups in total. The Morgan fingerprint density at radius 1 is 1.08 bits per heavy atom. The molecule has 0 aromatic heterocycles. The monoisotopic (exact) mass is 188 g/mol. The van der Waals surface area contributed by atoms with Crippen LogP contribution in [0.1, 0.15) is 40.5 Å². The van der Waals surface area contributed by atoms with Crippen molar-refractivity contribution in [1.29, 1.82) is 0 Å². The number of aliphatic hydroxyl groups excluding tert-OH is 2. The Kier molecular flexibility index (Phi) is 5.57. The van der Waals surface area contributed by atoms with Gasteiger partial charge in [0.1, 0.15) is 0 Å². The van der Waals surface area contributed by atoms with E-state index in [2.05, 4.69) is 27.7 Å². The molecule has 0 saturated carbocycles. The fraction of sp³-hybridized carbons (Fsp3) is 1.00. The minimum Gasteiger partial charge on any atom is -0.396 e. The third kappa shape index (κ3) is 2.68. The van der Waals surface area contributed by atoms with Gasteiger partial charge >= 0.3 is 0 Å². The van der Waals surface area contributed by atoms with Crippen molar-refractivity contribution in [3.63, 3.8) is 0 Å². The Balaban J connectivity index is 4.54. The summed E-state index contributed by atoms with van der Waals surface area (Å²) < 4.78 is 0. The number of aliphatic hydroxyl groups is 2. The minimum atomic E-state index is -0.296. The highest BCUT2D eigenvalue weighted by Crippen LogP contribution is 2.37. The highest BCUT2D eigenvalue weighted by Gasteiger charge is 2.37. The second-order valence-corrected chi connectivity index (χ2v) is 4.39. The molecule has 2 nitrogen and oxygen atoms in total. The fourth-order valence-corrected chi connectivity index (χ4v) is 2.02. The van der Waals surface area contributed by atoms with E-state index >= 15 is 0 Å². The third-order valence-electron chi connectivity index (χ3n) is 3.44. The molecule has 0 radical (unpaired) electrons. The van der Waals surface area contributed by atoms with Crippen LogP contribution in [0.5, 0.6) is 0 Å². The lowest BCUT2D eigenvalue weighted by molar-refractivity contribution is -0.0304. The van der Waals surface area contributed by atoms with E-state index in [1.807, 2.05) is 0 Å². The number of hydrogen-bond acceptors (Lipinski definition) is 2. The first kappa shape index (κ1) is 12.9. The summed E-state index contributed by atoms with van der Waals surface area (Å²) in [6.45, 7) is 8.56. The zero-order valence-electron chi connectivity index (χ0n) is 9.38. The minimum absolute atomic E-state index is 0.0856. The van der Waals surface area contributed by atoms with Crippen LogP contribution in [0.4, 0.5) is 0 Å². The summed E-state index contributed by atoms with van der Waals surface area (Å²) in [7, 11) is 0. The largest absolute Gasteiger partial charge is 0.396 e. The Morgan fingerprint density at radius 3 is 1.77 bits per heavy atom. The van der Waals surface area contributed by atoms with Gasteiger partial charge in [0.15, 0.2) is 0 Å². The van der Waals surface area contributed by atoms with Gasteiger partial charge in [0.2, 0.25) is 0 Å². The lowest BCUT2D eigenvalue weighted by atomic mass is 9.68. The van der Waals surface area contributed by atoms with Crippen LogP contribution < -0.4 is 0 Å². The summed E-state index contributed by atoms with van der Waals surface area (Å²) in [5, 5.41) is 18.8. The molecule has 0 bridgehead atoms. The van der Waals surface area contributed by atoms with E-state index in [0.717, 1.165) is 12.8 Å². The van der Waals surface area contributed by atoms with E-state index < -0.39 is 0 Å². The average molecular weight is 188 g/mol. The lowest BCUT2D eigenvalue weighted by Crippen LogP contribution is -2.41. The van der Waals surface area contributed by atoms with Crippen molar-refractivity contribution in [1.82, 2.24) is 0 Å². The molecule has 0 spiro atoms. The first-order valence-corrected chi connectivity index (χ1v) is 5.26. The molecule has 2 heteroatoms. The van der Waals surface area contributed by atoms with Gasteiger partial charge in [-0.25, -0.2) is 0 Å². The maximum atomic E-state index is 9.38. The standard InChI is InChI=1S/C11H24O2/c1-5-6-10(4)11(7-12,8-13)9(2)3/h9-10,12-13H,5-8H2,1-4H3. The molecule has 0 amide bonds. The Hall–Kier alpha value is -0.0800. The first-order chi connectivity index (χ1) is 6.05. The fourth-order valence-electron chi connectivity index (χ4n) is 2.02. The summed E-state index contributed by atoms with van der Waals surface area (Å²) >= 11 is 0. The van der Waals surface area contributed by atoms with Gasteiger partial charge in [-0.3, -0.25) is 0 Å². The van der Waals surface area contributed by atoms with Crippen LogP contribution in [0.3, 0.4) is 0 Å². The highest BCUT2D eigenvalue weighted by atomic mass is 16.3. The molecule has 0 aliphatic carbocycles. The van der Waals surface area contributed by atoms with Crippen LogP contribution in [0, 0.1) is 17.3 Å². The molecule has 0 aromatic carbocycles. The Bertz CT molecular complexity index is 128. The molecule has 0 aliphatic heterocycles. The van der Waals surface area contributed by atoms with Gasteiger partial charge in [-0.15, -0.1) is 0 Å². The van der Waals surface area contributed by atoms with Crippen LogP contribution >= 0.6 is 0 Å². The van der Waals surface area contributed by atoms with Gasteiger partial charge < -0.3 is 10.2 Å². The Labute approximate surface area is 82.0 Å². The normalized spacial score (nSPS) is 15.0. The second-order valence-electron chi connectivity index (χ2n) is 4.39. The van der Waals surface area contributed by atoms with Crippen LogP contribution in [0.15, 0.2) is 0 Å².